The van der Waals surface area contributed by atoms with Crippen LogP contribution in [0.1, 0.15) is 24.1 Å². The van der Waals surface area contributed by atoms with Gasteiger partial charge in [0.25, 0.3) is 5.56 Å². The number of hydrogen-bond acceptors (Lipinski definition) is 4. The molecule has 0 fully saturated rings. The van der Waals surface area contributed by atoms with E-state index in [-0.39, 0.29) is 5.56 Å². The first-order valence-corrected chi connectivity index (χ1v) is 6.34. The van der Waals surface area contributed by atoms with Gasteiger partial charge in [0.15, 0.2) is 0 Å². The van der Waals surface area contributed by atoms with Gasteiger partial charge in [0.2, 0.25) is 0 Å². The smallest absolute Gasteiger partial charge is 0.264 e. The number of aromatic nitrogens is 3. The van der Waals surface area contributed by atoms with Gasteiger partial charge in [0.05, 0.1) is 20.5 Å². The second-order valence-corrected chi connectivity index (χ2v) is 4.81. The fourth-order valence-corrected chi connectivity index (χ4v) is 2.32. The molecule has 90 valence electrons. The Morgan fingerprint density at radius 1 is 1.41 bits per heavy atom. The lowest BCUT2D eigenvalue weighted by Gasteiger charge is -2.04. The minimum absolute atomic E-state index is 0.118. The first-order valence-electron chi connectivity index (χ1n) is 5.26. The van der Waals surface area contributed by atoms with E-state index < -0.39 is 0 Å². The standard InChI is InChI=1S/C11H12IN3O2/c1-4-7-9(12)11(16)14-10(13-7)8-5(2)15-17-6(8)3/h4H2,1-3H3,(H,13,14,16). The Hall–Kier alpha value is -1.18. The molecule has 0 aliphatic rings. The van der Waals surface area contributed by atoms with Crippen molar-refractivity contribution >= 4 is 22.6 Å². The summed E-state index contributed by atoms with van der Waals surface area (Å²) in [7, 11) is 0. The Labute approximate surface area is 112 Å². The third-order valence-corrected chi connectivity index (χ3v) is 3.65. The van der Waals surface area contributed by atoms with Crippen molar-refractivity contribution in [3.8, 4) is 11.4 Å². The van der Waals surface area contributed by atoms with Crippen molar-refractivity contribution in [2.45, 2.75) is 27.2 Å². The van der Waals surface area contributed by atoms with Gasteiger partial charge in [-0.3, -0.25) is 4.79 Å². The van der Waals surface area contributed by atoms with Crippen molar-refractivity contribution in [2.24, 2.45) is 0 Å². The summed E-state index contributed by atoms with van der Waals surface area (Å²) in [4.78, 5) is 19.0. The molecule has 2 heterocycles. The Balaban J connectivity index is 2.69. The molecule has 1 N–H and O–H groups in total. The van der Waals surface area contributed by atoms with Gasteiger partial charge in [-0.25, -0.2) is 4.98 Å². The average molecular weight is 345 g/mol. The van der Waals surface area contributed by atoms with E-state index >= 15 is 0 Å². The lowest BCUT2D eigenvalue weighted by atomic mass is 10.2. The average Bonchev–Trinajstić information content (AvgIpc) is 2.62. The van der Waals surface area contributed by atoms with Crippen LogP contribution in [0.2, 0.25) is 0 Å². The summed E-state index contributed by atoms with van der Waals surface area (Å²) in [6, 6.07) is 0. The van der Waals surface area contributed by atoms with Crippen molar-refractivity contribution in [3.63, 3.8) is 0 Å². The fourth-order valence-electron chi connectivity index (χ4n) is 1.68. The molecule has 0 unspecified atom stereocenters. The Morgan fingerprint density at radius 3 is 2.65 bits per heavy atom. The van der Waals surface area contributed by atoms with Crippen molar-refractivity contribution in [1.29, 1.82) is 0 Å². The highest BCUT2D eigenvalue weighted by atomic mass is 127. The quantitative estimate of drug-likeness (QED) is 0.848. The molecule has 0 saturated carbocycles. The minimum Gasteiger partial charge on any atom is -0.361 e. The molecular weight excluding hydrogens is 333 g/mol. The van der Waals surface area contributed by atoms with Gasteiger partial charge in [0, 0.05) is 0 Å². The molecule has 2 rings (SSSR count). The van der Waals surface area contributed by atoms with Gasteiger partial charge < -0.3 is 9.51 Å². The molecule has 0 aliphatic heterocycles. The zero-order valence-corrected chi connectivity index (χ0v) is 12.0. The van der Waals surface area contributed by atoms with E-state index in [0.29, 0.717) is 15.2 Å². The molecule has 5 nitrogen and oxygen atoms in total. The minimum atomic E-state index is -0.118. The number of aromatic amines is 1. The summed E-state index contributed by atoms with van der Waals surface area (Å²) in [5.41, 5.74) is 2.18. The van der Waals surface area contributed by atoms with Gasteiger partial charge in [-0.1, -0.05) is 12.1 Å². The highest BCUT2D eigenvalue weighted by Gasteiger charge is 2.16. The lowest BCUT2D eigenvalue weighted by molar-refractivity contribution is 0.393. The fraction of sp³-hybridized carbons (Fsp3) is 0.364. The number of nitrogens with one attached hydrogen (secondary N) is 1. The molecule has 0 aromatic carbocycles. The van der Waals surface area contributed by atoms with Crippen LogP contribution in [0.15, 0.2) is 9.32 Å². The number of nitrogens with zero attached hydrogens (tertiary/aromatic N) is 2. The number of rotatable bonds is 2. The number of H-pyrrole nitrogens is 1. The zero-order chi connectivity index (χ0) is 12.6. The highest BCUT2D eigenvalue weighted by molar-refractivity contribution is 14.1. The van der Waals surface area contributed by atoms with Gasteiger partial charge in [0.1, 0.15) is 11.6 Å². The topological polar surface area (TPSA) is 71.8 Å². The van der Waals surface area contributed by atoms with Crippen molar-refractivity contribution in [1.82, 2.24) is 15.1 Å². The van der Waals surface area contributed by atoms with Gasteiger partial charge in [-0.05, 0) is 42.9 Å². The van der Waals surface area contributed by atoms with Gasteiger partial charge in [-0.15, -0.1) is 0 Å². The van der Waals surface area contributed by atoms with E-state index in [1.54, 1.807) is 6.92 Å². The van der Waals surface area contributed by atoms with Crippen LogP contribution in [0.25, 0.3) is 11.4 Å². The molecule has 0 spiro atoms. The van der Waals surface area contributed by atoms with Crippen LogP contribution < -0.4 is 5.56 Å². The van der Waals surface area contributed by atoms with Crippen LogP contribution in [0.3, 0.4) is 0 Å². The molecule has 0 atom stereocenters. The summed E-state index contributed by atoms with van der Waals surface area (Å²) in [6.07, 6.45) is 0.721. The lowest BCUT2D eigenvalue weighted by Crippen LogP contribution is -2.16. The van der Waals surface area contributed by atoms with Crippen LogP contribution in [0, 0.1) is 17.4 Å². The Kier molecular flexibility index (Phi) is 3.32. The van der Waals surface area contributed by atoms with Crippen molar-refractivity contribution in [2.75, 3.05) is 0 Å². The van der Waals surface area contributed by atoms with E-state index in [0.717, 1.165) is 23.4 Å². The molecule has 6 heteroatoms. The SMILES string of the molecule is CCc1nc(-c2c(C)noc2C)[nH]c(=O)c1I. The summed E-state index contributed by atoms with van der Waals surface area (Å²) in [5.74, 6) is 1.19. The largest absolute Gasteiger partial charge is 0.361 e. The van der Waals surface area contributed by atoms with E-state index in [1.807, 2.05) is 36.4 Å². The van der Waals surface area contributed by atoms with Crippen molar-refractivity contribution < 1.29 is 4.52 Å². The predicted octanol–water partition coefficient (Wildman–Crippen LogP) is 2.21. The third kappa shape index (κ3) is 2.13. The van der Waals surface area contributed by atoms with Crippen LogP contribution in [0.5, 0.6) is 0 Å². The molecule has 0 radical (unpaired) electrons. The summed E-state index contributed by atoms with van der Waals surface area (Å²) >= 11 is 2.01. The second-order valence-electron chi connectivity index (χ2n) is 3.73. The van der Waals surface area contributed by atoms with Crippen LogP contribution in [-0.2, 0) is 6.42 Å². The third-order valence-electron chi connectivity index (χ3n) is 2.54. The maximum atomic E-state index is 11.8. The van der Waals surface area contributed by atoms with Crippen LogP contribution >= 0.6 is 22.6 Å². The molecule has 17 heavy (non-hydrogen) atoms. The molecule has 0 bridgehead atoms. The van der Waals surface area contributed by atoms with Crippen LogP contribution in [0.4, 0.5) is 0 Å². The van der Waals surface area contributed by atoms with Crippen LogP contribution in [-0.4, -0.2) is 15.1 Å². The first-order chi connectivity index (χ1) is 8.04. The summed E-state index contributed by atoms with van der Waals surface area (Å²) in [5, 5.41) is 3.86. The summed E-state index contributed by atoms with van der Waals surface area (Å²) < 4.78 is 5.72. The highest BCUT2D eigenvalue weighted by Crippen LogP contribution is 2.23. The second kappa shape index (κ2) is 4.59. The number of hydrogen-bond donors (Lipinski definition) is 1. The predicted molar refractivity (Wildman–Crippen MR) is 71.9 cm³/mol. The molecule has 0 saturated heterocycles. The molecule has 2 aromatic heterocycles. The molecule has 0 amide bonds. The first kappa shape index (κ1) is 12.3. The zero-order valence-electron chi connectivity index (χ0n) is 9.80. The number of aryl methyl sites for hydroxylation is 3. The Morgan fingerprint density at radius 2 is 2.12 bits per heavy atom. The van der Waals surface area contributed by atoms with E-state index in [9.17, 15) is 4.79 Å². The molecular formula is C11H12IN3O2. The van der Waals surface area contributed by atoms with E-state index in [1.165, 1.54) is 0 Å². The van der Waals surface area contributed by atoms with Crippen molar-refractivity contribution in [3.05, 3.63) is 31.1 Å². The summed E-state index contributed by atoms with van der Waals surface area (Å²) in [6.45, 7) is 5.61. The maximum Gasteiger partial charge on any atom is 0.264 e. The molecule has 2 aromatic rings. The van der Waals surface area contributed by atoms with E-state index in [4.69, 9.17) is 4.52 Å². The van der Waals surface area contributed by atoms with Gasteiger partial charge >= 0.3 is 0 Å². The van der Waals surface area contributed by atoms with E-state index in [2.05, 4.69) is 15.1 Å². The monoisotopic (exact) mass is 345 g/mol. The Bertz CT molecular complexity index is 596. The normalized spacial score (nSPS) is 10.8. The maximum absolute atomic E-state index is 11.8. The number of halogens is 1. The van der Waals surface area contributed by atoms with Gasteiger partial charge in [-0.2, -0.15) is 0 Å². The molecule has 0 aliphatic carbocycles.